The largest absolute Gasteiger partial charge is 0.441 e. The van der Waals surface area contributed by atoms with E-state index in [-0.39, 0.29) is 24.8 Å². The highest BCUT2D eigenvalue weighted by molar-refractivity contribution is 5.90. The van der Waals surface area contributed by atoms with E-state index in [0.29, 0.717) is 0 Å². The van der Waals surface area contributed by atoms with Crippen molar-refractivity contribution in [1.29, 1.82) is 0 Å². The summed E-state index contributed by atoms with van der Waals surface area (Å²) in [5, 5.41) is 9.39. The fourth-order valence-electron chi connectivity index (χ4n) is 3.74. The number of carbonyl (C=O) groups is 1. The van der Waals surface area contributed by atoms with Gasteiger partial charge in [-0.2, -0.15) is 0 Å². The third kappa shape index (κ3) is 3.64. The van der Waals surface area contributed by atoms with Crippen LogP contribution in [-0.2, 0) is 11.3 Å². The zero-order chi connectivity index (χ0) is 19.5. The van der Waals surface area contributed by atoms with Crippen LogP contribution in [0.5, 0.6) is 0 Å². The number of hydrogen-bond donors (Lipinski definition) is 1. The van der Waals surface area contributed by atoms with Crippen LogP contribution in [-0.4, -0.2) is 17.2 Å². The van der Waals surface area contributed by atoms with Gasteiger partial charge >= 0.3 is 6.09 Å². The number of nitrogens with zero attached hydrogens (tertiary/aromatic N) is 1. The Morgan fingerprint density at radius 3 is 2.39 bits per heavy atom. The monoisotopic (exact) mass is 373 g/mol. The van der Waals surface area contributed by atoms with E-state index < -0.39 is 0 Å². The van der Waals surface area contributed by atoms with Crippen molar-refractivity contribution < 1.29 is 14.6 Å². The molecule has 1 amide bonds. The first-order valence-corrected chi connectivity index (χ1v) is 9.51. The number of amides is 1. The molecule has 1 aliphatic rings. The molecule has 1 heterocycles. The van der Waals surface area contributed by atoms with Crippen LogP contribution in [0.25, 0.3) is 11.1 Å². The lowest BCUT2D eigenvalue weighted by molar-refractivity contribution is 0.0735. The lowest BCUT2D eigenvalue weighted by atomic mass is 9.99. The number of aliphatic hydroxyl groups excluding tert-OH is 1. The normalized spacial score (nSPS) is 19.4. The first-order chi connectivity index (χ1) is 13.7. The summed E-state index contributed by atoms with van der Waals surface area (Å²) in [5.41, 5.74) is 4.71. The van der Waals surface area contributed by atoms with Crippen LogP contribution in [0.15, 0.2) is 78.9 Å². The Bertz CT molecular complexity index is 970. The quantitative estimate of drug-likeness (QED) is 0.673. The summed E-state index contributed by atoms with van der Waals surface area (Å²) in [6.07, 6.45) is 0.193. The molecule has 4 heteroatoms. The predicted molar refractivity (Wildman–Crippen MR) is 110 cm³/mol. The highest BCUT2D eigenvalue weighted by atomic mass is 16.6. The highest BCUT2D eigenvalue weighted by Gasteiger charge is 2.34. The second-order valence-corrected chi connectivity index (χ2v) is 7.15. The SMILES string of the molecule is CC1CC(c2ccccc2)OC(=O)N1c1cccc(-c2cccc(CO)c2)c1. The minimum Gasteiger partial charge on any atom is -0.441 e. The maximum Gasteiger partial charge on any atom is 0.415 e. The molecule has 0 spiro atoms. The summed E-state index contributed by atoms with van der Waals surface area (Å²) in [6, 6.07) is 25.6. The van der Waals surface area contributed by atoms with Crippen LogP contribution in [0.3, 0.4) is 0 Å². The van der Waals surface area contributed by atoms with Crippen molar-refractivity contribution in [2.24, 2.45) is 0 Å². The summed E-state index contributed by atoms with van der Waals surface area (Å²) in [7, 11) is 0. The van der Waals surface area contributed by atoms with Crippen molar-refractivity contribution in [3.8, 4) is 11.1 Å². The molecule has 3 aromatic carbocycles. The second-order valence-electron chi connectivity index (χ2n) is 7.15. The summed E-state index contributed by atoms with van der Waals surface area (Å²) in [5.74, 6) is 0. The molecule has 28 heavy (non-hydrogen) atoms. The number of cyclic esters (lactones) is 1. The zero-order valence-corrected chi connectivity index (χ0v) is 15.8. The van der Waals surface area contributed by atoms with Crippen LogP contribution in [0.4, 0.5) is 10.5 Å². The minimum absolute atomic E-state index is 0.00386. The van der Waals surface area contributed by atoms with Crippen molar-refractivity contribution in [2.75, 3.05) is 4.90 Å². The fourth-order valence-corrected chi connectivity index (χ4v) is 3.74. The molecule has 1 saturated heterocycles. The number of hydrogen-bond acceptors (Lipinski definition) is 3. The molecule has 2 unspecified atom stereocenters. The first kappa shape index (κ1) is 18.3. The lowest BCUT2D eigenvalue weighted by Gasteiger charge is -2.37. The van der Waals surface area contributed by atoms with Crippen molar-refractivity contribution in [3.05, 3.63) is 90.0 Å². The number of carbonyl (C=O) groups excluding carboxylic acids is 1. The van der Waals surface area contributed by atoms with Gasteiger partial charge in [-0.3, -0.25) is 4.90 Å². The Morgan fingerprint density at radius 1 is 0.964 bits per heavy atom. The van der Waals surface area contributed by atoms with Gasteiger partial charge in [0, 0.05) is 18.2 Å². The number of ether oxygens (including phenoxy) is 1. The Balaban J connectivity index is 1.60. The molecule has 2 atom stereocenters. The standard InChI is InChI=1S/C24H23NO3/c1-17-13-23(19-8-3-2-4-9-19)28-24(27)25(17)22-12-6-11-21(15-22)20-10-5-7-18(14-20)16-26/h2-12,14-15,17,23,26H,13,16H2,1H3. The van der Waals surface area contributed by atoms with Gasteiger partial charge in [-0.05, 0) is 47.4 Å². The maximum absolute atomic E-state index is 12.8. The van der Waals surface area contributed by atoms with Crippen LogP contribution >= 0.6 is 0 Å². The molecule has 0 aliphatic carbocycles. The van der Waals surface area contributed by atoms with Crippen molar-refractivity contribution in [2.45, 2.75) is 32.1 Å². The molecule has 1 aliphatic heterocycles. The minimum atomic E-state index is -0.325. The molecular weight excluding hydrogens is 350 g/mol. The van der Waals surface area contributed by atoms with Crippen LogP contribution < -0.4 is 4.90 Å². The number of anilines is 1. The van der Waals surface area contributed by atoms with E-state index in [1.165, 1.54) is 0 Å². The van der Waals surface area contributed by atoms with Crippen molar-refractivity contribution in [3.63, 3.8) is 0 Å². The predicted octanol–water partition coefficient (Wildman–Crippen LogP) is 5.32. The van der Waals surface area contributed by atoms with Crippen LogP contribution in [0.1, 0.15) is 30.6 Å². The molecule has 3 aromatic rings. The zero-order valence-electron chi connectivity index (χ0n) is 15.8. The molecule has 1 N–H and O–H groups in total. The lowest BCUT2D eigenvalue weighted by Crippen LogP contribution is -2.45. The van der Waals surface area contributed by atoms with Crippen molar-refractivity contribution in [1.82, 2.24) is 0 Å². The number of benzene rings is 3. The third-order valence-corrected chi connectivity index (χ3v) is 5.17. The number of aliphatic hydroxyl groups is 1. The second kappa shape index (κ2) is 7.87. The fraction of sp³-hybridized carbons (Fsp3) is 0.208. The van der Waals surface area contributed by atoms with Gasteiger partial charge < -0.3 is 9.84 Å². The van der Waals surface area contributed by atoms with Gasteiger partial charge in [0.1, 0.15) is 6.10 Å². The van der Waals surface area contributed by atoms with Gasteiger partial charge in [-0.25, -0.2) is 4.79 Å². The maximum atomic E-state index is 12.8. The number of rotatable bonds is 4. The van der Waals surface area contributed by atoms with E-state index >= 15 is 0 Å². The van der Waals surface area contributed by atoms with Crippen LogP contribution in [0.2, 0.25) is 0 Å². The Labute approximate surface area is 165 Å². The molecule has 0 radical (unpaired) electrons. The molecule has 0 saturated carbocycles. The highest BCUT2D eigenvalue weighted by Crippen LogP contribution is 2.35. The third-order valence-electron chi connectivity index (χ3n) is 5.17. The molecule has 4 rings (SSSR count). The average molecular weight is 373 g/mol. The molecular formula is C24H23NO3. The summed E-state index contributed by atoms with van der Waals surface area (Å²) >= 11 is 0. The molecule has 1 fully saturated rings. The smallest absolute Gasteiger partial charge is 0.415 e. The topological polar surface area (TPSA) is 49.8 Å². The van der Waals surface area contributed by atoms with Gasteiger partial charge in [-0.15, -0.1) is 0 Å². The van der Waals surface area contributed by atoms with Gasteiger partial charge in [0.15, 0.2) is 0 Å². The Morgan fingerprint density at radius 2 is 1.68 bits per heavy atom. The van der Waals surface area contributed by atoms with Gasteiger partial charge in [0.05, 0.1) is 6.61 Å². The van der Waals surface area contributed by atoms with E-state index in [2.05, 4.69) is 6.92 Å². The Kier molecular flexibility index (Phi) is 5.13. The van der Waals surface area contributed by atoms with Gasteiger partial charge in [0.25, 0.3) is 0 Å². The first-order valence-electron chi connectivity index (χ1n) is 9.51. The summed E-state index contributed by atoms with van der Waals surface area (Å²) in [6.45, 7) is 2.05. The van der Waals surface area contributed by atoms with E-state index in [1.54, 1.807) is 4.90 Å². The van der Waals surface area contributed by atoms with Crippen molar-refractivity contribution >= 4 is 11.8 Å². The van der Waals surface area contributed by atoms with E-state index in [4.69, 9.17) is 4.74 Å². The summed E-state index contributed by atoms with van der Waals surface area (Å²) in [4.78, 5) is 14.5. The molecule has 0 aromatic heterocycles. The molecule has 4 nitrogen and oxygen atoms in total. The van der Waals surface area contributed by atoms with E-state index in [1.807, 2.05) is 78.9 Å². The average Bonchev–Trinajstić information content (AvgIpc) is 2.74. The molecule has 142 valence electrons. The van der Waals surface area contributed by atoms with E-state index in [0.717, 1.165) is 34.4 Å². The summed E-state index contributed by atoms with van der Waals surface area (Å²) < 4.78 is 5.75. The Hall–Kier alpha value is -3.11. The molecule has 0 bridgehead atoms. The van der Waals surface area contributed by atoms with Crippen LogP contribution in [0, 0.1) is 0 Å². The van der Waals surface area contributed by atoms with E-state index in [9.17, 15) is 9.90 Å². The van der Waals surface area contributed by atoms with Gasteiger partial charge in [0.2, 0.25) is 0 Å². The van der Waals surface area contributed by atoms with Gasteiger partial charge in [-0.1, -0.05) is 60.7 Å².